The molecule has 10 nitrogen and oxygen atoms in total. The molecule has 0 unspecified atom stereocenters. The van der Waals surface area contributed by atoms with Gasteiger partial charge in [0.25, 0.3) is 0 Å². The predicted molar refractivity (Wildman–Crippen MR) is 127 cm³/mol. The van der Waals surface area contributed by atoms with E-state index in [1.54, 1.807) is 9.36 Å². The van der Waals surface area contributed by atoms with Crippen LogP contribution in [0, 0.1) is 0 Å². The summed E-state index contributed by atoms with van der Waals surface area (Å²) in [5, 5.41) is 24.9. The van der Waals surface area contributed by atoms with Crippen LogP contribution in [-0.4, -0.2) is 58.0 Å². The zero-order valence-electron chi connectivity index (χ0n) is 18.9. The van der Waals surface area contributed by atoms with E-state index in [9.17, 15) is 0 Å². The summed E-state index contributed by atoms with van der Waals surface area (Å²) in [5.74, 6) is 2.40. The monoisotopic (exact) mass is 465 g/mol. The van der Waals surface area contributed by atoms with Gasteiger partial charge in [0.2, 0.25) is 0 Å². The Hall–Kier alpha value is -4.44. The lowest BCUT2D eigenvalue weighted by Crippen LogP contribution is -2.35. The number of fused-ring (bicyclic) bond motifs is 1. The SMILES string of the molecule is c1ccc(-n2nnnc2CN(Cc2nnnn2-c2ccccc2)C[C@@H]2Cc3ccccc3O2)cc1. The second kappa shape index (κ2) is 9.43. The zero-order chi connectivity index (χ0) is 23.5. The number of nitrogens with zero attached hydrogens (tertiary/aromatic N) is 9. The van der Waals surface area contributed by atoms with Crippen molar-refractivity contribution < 1.29 is 4.74 Å². The van der Waals surface area contributed by atoms with Gasteiger partial charge < -0.3 is 4.74 Å². The third kappa shape index (κ3) is 4.51. The number of ether oxygens (including phenoxy) is 1. The summed E-state index contributed by atoms with van der Waals surface area (Å²) in [6.45, 7) is 1.66. The fourth-order valence-electron chi connectivity index (χ4n) is 4.38. The van der Waals surface area contributed by atoms with E-state index in [2.05, 4.69) is 42.0 Å². The molecule has 35 heavy (non-hydrogen) atoms. The number of para-hydroxylation sites is 3. The third-order valence-corrected chi connectivity index (χ3v) is 5.98. The summed E-state index contributed by atoms with van der Waals surface area (Å²) >= 11 is 0. The van der Waals surface area contributed by atoms with Gasteiger partial charge in [0.05, 0.1) is 24.5 Å². The summed E-state index contributed by atoms with van der Waals surface area (Å²) in [5.41, 5.74) is 3.04. The Bertz CT molecular complexity index is 1300. The number of hydrogen-bond donors (Lipinski definition) is 0. The molecule has 174 valence electrons. The van der Waals surface area contributed by atoms with E-state index >= 15 is 0 Å². The highest BCUT2D eigenvalue weighted by molar-refractivity contribution is 5.37. The van der Waals surface area contributed by atoms with Crippen LogP contribution in [0.1, 0.15) is 17.2 Å². The summed E-state index contributed by atoms with van der Waals surface area (Å²) in [6, 6.07) is 27.9. The topological polar surface area (TPSA) is 99.7 Å². The second-order valence-electron chi connectivity index (χ2n) is 8.41. The molecule has 0 bridgehead atoms. The standard InChI is InChI=1S/C25H23N9O/c1-3-10-20(11-4-1)33-24(26-28-30-33)17-32(16-22-15-19-9-7-8-14-23(19)35-22)18-25-27-29-31-34(25)21-12-5-2-6-13-21/h1-14,22H,15-18H2/t22-/m0/s1. The molecule has 0 saturated carbocycles. The van der Waals surface area contributed by atoms with Gasteiger partial charge in [-0.05, 0) is 56.7 Å². The van der Waals surface area contributed by atoms with Crippen LogP contribution < -0.4 is 4.74 Å². The van der Waals surface area contributed by atoms with Gasteiger partial charge in [-0.2, -0.15) is 9.36 Å². The molecule has 6 rings (SSSR count). The maximum absolute atomic E-state index is 6.25. The predicted octanol–water partition coefficient (Wildman–Crippen LogP) is 2.64. The molecule has 2 aromatic heterocycles. The van der Waals surface area contributed by atoms with E-state index in [0.717, 1.165) is 35.2 Å². The molecule has 0 N–H and O–H groups in total. The van der Waals surface area contributed by atoms with Crippen molar-refractivity contribution >= 4 is 0 Å². The molecule has 0 amide bonds. The number of benzene rings is 3. The lowest BCUT2D eigenvalue weighted by Gasteiger charge is -2.24. The van der Waals surface area contributed by atoms with Crippen molar-refractivity contribution in [2.45, 2.75) is 25.6 Å². The molecule has 1 aliphatic rings. The maximum atomic E-state index is 6.25. The van der Waals surface area contributed by atoms with Crippen LogP contribution in [-0.2, 0) is 19.5 Å². The zero-order valence-corrected chi connectivity index (χ0v) is 18.9. The fourth-order valence-corrected chi connectivity index (χ4v) is 4.38. The molecular formula is C25H23N9O. The van der Waals surface area contributed by atoms with Crippen LogP contribution in [0.15, 0.2) is 84.9 Å². The van der Waals surface area contributed by atoms with E-state index in [0.29, 0.717) is 19.6 Å². The molecule has 0 spiro atoms. The smallest absolute Gasteiger partial charge is 0.170 e. The van der Waals surface area contributed by atoms with Crippen LogP contribution in [0.4, 0.5) is 0 Å². The molecule has 0 radical (unpaired) electrons. The first kappa shape index (κ1) is 21.1. The van der Waals surface area contributed by atoms with Gasteiger partial charge in [0.15, 0.2) is 11.6 Å². The van der Waals surface area contributed by atoms with Gasteiger partial charge in [-0.15, -0.1) is 10.2 Å². The maximum Gasteiger partial charge on any atom is 0.170 e. The summed E-state index contributed by atoms with van der Waals surface area (Å²) in [7, 11) is 0. The molecule has 1 atom stereocenters. The molecule has 3 aromatic carbocycles. The van der Waals surface area contributed by atoms with E-state index in [-0.39, 0.29) is 6.10 Å². The van der Waals surface area contributed by atoms with Crippen LogP contribution in [0.2, 0.25) is 0 Å². The number of hydrogen-bond acceptors (Lipinski definition) is 8. The minimum atomic E-state index is 0.00881. The average Bonchev–Trinajstić information content (AvgIpc) is 3.65. The van der Waals surface area contributed by atoms with Crippen molar-refractivity contribution in [3.05, 3.63) is 102 Å². The van der Waals surface area contributed by atoms with E-state index < -0.39 is 0 Å². The fraction of sp³-hybridized carbons (Fsp3) is 0.200. The summed E-state index contributed by atoms with van der Waals surface area (Å²) in [6.07, 6.45) is 0.856. The van der Waals surface area contributed by atoms with Gasteiger partial charge in [-0.1, -0.05) is 54.6 Å². The van der Waals surface area contributed by atoms with Crippen LogP contribution in [0.5, 0.6) is 5.75 Å². The normalized spacial score (nSPS) is 14.7. The molecule has 0 fully saturated rings. The Morgan fingerprint density at radius 3 is 1.83 bits per heavy atom. The van der Waals surface area contributed by atoms with Gasteiger partial charge >= 0.3 is 0 Å². The second-order valence-corrected chi connectivity index (χ2v) is 8.41. The molecule has 1 aliphatic heterocycles. The lowest BCUT2D eigenvalue weighted by molar-refractivity contribution is 0.134. The van der Waals surface area contributed by atoms with Crippen molar-refractivity contribution in [1.82, 2.24) is 45.3 Å². The van der Waals surface area contributed by atoms with Crippen LogP contribution in [0.3, 0.4) is 0 Å². The van der Waals surface area contributed by atoms with Crippen LogP contribution in [0.25, 0.3) is 11.4 Å². The lowest BCUT2D eigenvalue weighted by atomic mass is 10.1. The molecule has 3 heterocycles. The van der Waals surface area contributed by atoms with E-state index in [1.165, 1.54) is 5.56 Å². The van der Waals surface area contributed by atoms with Crippen molar-refractivity contribution in [2.75, 3.05) is 6.54 Å². The van der Waals surface area contributed by atoms with Crippen molar-refractivity contribution in [2.24, 2.45) is 0 Å². The minimum absolute atomic E-state index is 0.00881. The van der Waals surface area contributed by atoms with E-state index in [4.69, 9.17) is 4.74 Å². The summed E-state index contributed by atoms with van der Waals surface area (Å²) in [4.78, 5) is 2.23. The van der Waals surface area contributed by atoms with Crippen molar-refractivity contribution in [1.29, 1.82) is 0 Å². The van der Waals surface area contributed by atoms with E-state index in [1.807, 2.05) is 78.9 Å². The Morgan fingerprint density at radius 2 is 1.26 bits per heavy atom. The first-order chi connectivity index (χ1) is 17.3. The molecule has 5 aromatic rings. The van der Waals surface area contributed by atoms with Crippen molar-refractivity contribution in [3.63, 3.8) is 0 Å². The van der Waals surface area contributed by atoms with Gasteiger partial charge in [-0.3, -0.25) is 4.90 Å². The quantitative estimate of drug-likeness (QED) is 0.345. The van der Waals surface area contributed by atoms with Crippen molar-refractivity contribution in [3.8, 4) is 17.1 Å². The molecule has 10 heteroatoms. The highest BCUT2D eigenvalue weighted by Gasteiger charge is 2.27. The molecule has 0 aliphatic carbocycles. The first-order valence-electron chi connectivity index (χ1n) is 11.5. The Kier molecular flexibility index (Phi) is 5.69. The van der Waals surface area contributed by atoms with Gasteiger partial charge in [0, 0.05) is 13.0 Å². The summed E-state index contributed by atoms with van der Waals surface area (Å²) < 4.78 is 9.77. The Morgan fingerprint density at radius 1 is 0.714 bits per heavy atom. The number of aromatic nitrogens is 8. The van der Waals surface area contributed by atoms with Gasteiger partial charge in [0.1, 0.15) is 11.9 Å². The molecule has 0 saturated heterocycles. The van der Waals surface area contributed by atoms with Crippen LogP contribution >= 0.6 is 0 Å². The highest BCUT2D eigenvalue weighted by atomic mass is 16.5. The third-order valence-electron chi connectivity index (χ3n) is 5.98. The average molecular weight is 466 g/mol. The Labute approximate surface area is 201 Å². The first-order valence-corrected chi connectivity index (χ1v) is 11.5. The number of tetrazole rings is 2. The highest BCUT2D eigenvalue weighted by Crippen LogP contribution is 2.29. The largest absolute Gasteiger partial charge is 0.488 e. The molecular weight excluding hydrogens is 442 g/mol. The number of rotatable bonds is 8. The van der Waals surface area contributed by atoms with Gasteiger partial charge in [-0.25, -0.2) is 0 Å². The Balaban J connectivity index is 1.28. The minimum Gasteiger partial charge on any atom is -0.488 e.